The molecule has 0 atom stereocenters. The smallest absolute Gasteiger partial charge is 0.298 e. The van der Waals surface area contributed by atoms with Crippen LogP contribution in [-0.2, 0) is 0 Å². The van der Waals surface area contributed by atoms with E-state index in [1.807, 2.05) is 13.0 Å². The molecule has 0 unspecified atom stereocenters. The summed E-state index contributed by atoms with van der Waals surface area (Å²) in [5.74, 6) is 0.148. The number of benzene rings is 1. The summed E-state index contributed by atoms with van der Waals surface area (Å²) in [5.41, 5.74) is 1.32. The first-order valence-electron chi connectivity index (χ1n) is 7.55. The van der Waals surface area contributed by atoms with E-state index in [9.17, 15) is 9.59 Å². The largest absolute Gasteiger partial charge is 0.497 e. The van der Waals surface area contributed by atoms with Crippen LogP contribution in [0.15, 0.2) is 59.8 Å². The van der Waals surface area contributed by atoms with Gasteiger partial charge < -0.3 is 10.1 Å². The number of aromatic nitrogens is 3. The molecule has 2 aromatic heterocycles. The molecular formula is C18H16N4O3. The quantitative estimate of drug-likeness (QED) is 0.789. The molecule has 3 rings (SSSR count). The molecule has 2 heterocycles. The van der Waals surface area contributed by atoms with Gasteiger partial charge in [0.05, 0.1) is 12.8 Å². The molecule has 0 aliphatic heterocycles. The number of hydrogen-bond acceptors (Lipinski definition) is 5. The zero-order valence-corrected chi connectivity index (χ0v) is 13.8. The summed E-state index contributed by atoms with van der Waals surface area (Å²) in [5, 5.41) is 2.51. The summed E-state index contributed by atoms with van der Waals surface area (Å²) in [7, 11) is 1.58. The van der Waals surface area contributed by atoms with Crippen LogP contribution in [0, 0.1) is 6.92 Å². The van der Waals surface area contributed by atoms with Crippen LogP contribution in [0.1, 0.15) is 16.1 Å². The number of hydrogen-bond donors (Lipinski definition) is 1. The van der Waals surface area contributed by atoms with Gasteiger partial charge in [0, 0.05) is 18.6 Å². The van der Waals surface area contributed by atoms with Crippen LogP contribution in [0.25, 0.3) is 5.69 Å². The monoisotopic (exact) mass is 336 g/mol. The molecular weight excluding hydrogens is 320 g/mol. The second kappa shape index (κ2) is 6.96. The molecule has 0 radical (unpaired) electrons. The van der Waals surface area contributed by atoms with Crippen LogP contribution in [0.3, 0.4) is 0 Å². The molecule has 3 aromatic rings. The molecule has 7 nitrogen and oxygen atoms in total. The van der Waals surface area contributed by atoms with Gasteiger partial charge >= 0.3 is 0 Å². The van der Waals surface area contributed by atoms with E-state index >= 15 is 0 Å². The zero-order valence-electron chi connectivity index (χ0n) is 13.8. The van der Waals surface area contributed by atoms with Crippen molar-refractivity contribution in [2.45, 2.75) is 6.92 Å². The molecule has 0 aliphatic carbocycles. The van der Waals surface area contributed by atoms with Crippen LogP contribution in [-0.4, -0.2) is 27.6 Å². The van der Waals surface area contributed by atoms with E-state index in [1.54, 1.807) is 43.6 Å². The molecule has 1 amide bonds. The number of rotatable bonds is 4. The second-order valence-corrected chi connectivity index (χ2v) is 5.27. The minimum Gasteiger partial charge on any atom is -0.497 e. The van der Waals surface area contributed by atoms with Crippen LogP contribution in [0.5, 0.6) is 5.75 Å². The Balaban J connectivity index is 1.96. The Labute approximate surface area is 143 Å². The van der Waals surface area contributed by atoms with Crippen molar-refractivity contribution in [3.8, 4) is 11.4 Å². The highest BCUT2D eigenvalue weighted by molar-refractivity contribution is 6.02. The average molecular weight is 336 g/mol. The first-order valence-corrected chi connectivity index (χ1v) is 7.55. The van der Waals surface area contributed by atoms with Crippen LogP contribution >= 0.6 is 0 Å². The lowest BCUT2D eigenvalue weighted by molar-refractivity contribution is 0.102. The van der Waals surface area contributed by atoms with E-state index in [2.05, 4.69) is 15.3 Å². The molecule has 7 heteroatoms. The molecule has 0 saturated heterocycles. The van der Waals surface area contributed by atoms with Gasteiger partial charge in [-0.25, -0.2) is 4.98 Å². The van der Waals surface area contributed by atoms with Crippen molar-refractivity contribution in [1.29, 1.82) is 0 Å². The van der Waals surface area contributed by atoms with E-state index < -0.39 is 11.5 Å². The standard InChI is InChI=1S/C18H16N4O3/c1-12-11-13(25-2)6-7-15(12)22-10-9-20-16(18(22)24)21-17(23)14-5-3-4-8-19-14/h3-11H,1-2H3,(H,20,21,23). The summed E-state index contributed by atoms with van der Waals surface area (Å²) >= 11 is 0. The summed E-state index contributed by atoms with van der Waals surface area (Å²) in [4.78, 5) is 32.8. The van der Waals surface area contributed by atoms with Gasteiger partial charge in [0.2, 0.25) is 0 Å². The third kappa shape index (κ3) is 3.40. The molecule has 0 saturated carbocycles. The van der Waals surface area contributed by atoms with Gasteiger partial charge in [-0.2, -0.15) is 0 Å². The Kier molecular flexibility index (Phi) is 4.56. The summed E-state index contributed by atoms with van der Waals surface area (Å²) < 4.78 is 6.60. The molecule has 0 fully saturated rings. The molecule has 25 heavy (non-hydrogen) atoms. The minimum absolute atomic E-state index is 0.0617. The topological polar surface area (TPSA) is 86.1 Å². The van der Waals surface area contributed by atoms with Gasteiger partial charge in [0.15, 0.2) is 5.82 Å². The Bertz CT molecular complexity index is 968. The molecule has 1 N–H and O–H groups in total. The molecule has 0 spiro atoms. The fourth-order valence-corrected chi connectivity index (χ4v) is 2.38. The lowest BCUT2D eigenvalue weighted by Gasteiger charge is -2.12. The number of methoxy groups -OCH3 is 1. The fourth-order valence-electron chi connectivity index (χ4n) is 2.38. The number of nitrogens with zero attached hydrogens (tertiary/aromatic N) is 3. The van der Waals surface area contributed by atoms with Crippen molar-refractivity contribution in [2.75, 3.05) is 12.4 Å². The van der Waals surface area contributed by atoms with Crippen molar-refractivity contribution in [1.82, 2.24) is 14.5 Å². The Morgan fingerprint density at radius 2 is 2.00 bits per heavy atom. The summed E-state index contributed by atoms with van der Waals surface area (Å²) in [6.45, 7) is 1.87. The van der Waals surface area contributed by atoms with E-state index in [-0.39, 0.29) is 11.5 Å². The zero-order chi connectivity index (χ0) is 17.8. The van der Waals surface area contributed by atoms with Gasteiger partial charge in [-0.15, -0.1) is 0 Å². The first-order chi connectivity index (χ1) is 12.1. The third-order valence-electron chi connectivity index (χ3n) is 3.63. The summed E-state index contributed by atoms with van der Waals surface area (Å²) in [6, 6.07) is 10.3. The maximum absolute atomic E-state index is 12.7. The number of pyridine rings is 1. The number of aryl methyl sites for hydroxylation is 1. The van der Waals surface area contributed by atoms with Gasteiger partial charge in [0.1, 0.15) is 11.4 Å². The normalized spacial score (nSPS) is 10.3. The Morgan fingerprint density at radius 3 is 2.68 bits per heavy atom. The first kappa shape index (κ1) is 16.4. The van der Waals surface area contributed by atoms with Gasteiger partial charge in [0.25, 0.3) is 11.5 Å². The average Bonchev–Trinajstić information content (AvgIpc) is 2.64. The molecule has 1 aromatic carbocycles. The van der Waals surface area contributed by atoms with E-state index in [0.717, 1.165) is 5.56 Å². The SMILES string of the molecule is COc1ccc(-n2ccnc(NC(=O)c3ccccn3)c2=O)c(C)c1. The Hall–Kier alpha value is -3.48. The van der Waals surface area contributed by atoms with Gasteiger partial charge in [-0.05, 0) is 42.8 Å². The molecule has 0 aliphatic rings. The van der Waals surface area contributed by atoms with E-state index in [0.29, 0.717) is 11.4 Å². The van der Waals surface area contributed by atoms with Crippen LogP contribution < -0.4 is 15.6 Å². The lowest BCUT2D eigenvalue weighted by Crippen LogP contribution is -2.26. The van der Waals surface area contributed by atoms with Gasteiger partial charge in [-0.1, -0.05) is 6.07 Å². The number of ether oxygens (including phenoxy) is 1. The molecule has 126 valence electrons. The van der Waals surface area contributed by atoms with E-state index in [4.69, 9.17) is 4.74 Å². The molecule has 0 bridgehead atoms. The maximum atomic E-state index is 12.7. The van der Waals surface area contributed by atoms with Crippen LogP contribution in [0.4, 0.5) is 5.82 Å². The van der Waals surface area contributed by atoms with Crippen molar-refractivity contribution in [2.24, 2.45) is 0 Å². The number of carbonyl (C=O) groups excluding carboxylic acids is 1. The van der Waals surface area contributed by atoms with Crippen molar-refractivity contribution in [3.05, 3.63) is 76.6 Å². The maximum Gasteiger partial charge on any atom is 0.298 e. The number of carbonyl (C=O) groups is 1. The van der Waals surface area contributed by atoms with Gasteiger partial charge in [-0.3, -0.25) is 19.1 Å². The van der Waals surface area contributed by atoms with Crippen molar-refractivity contribution < 1.29 is 9.53 Å². The highest BCUT2D eigenvalue weighted by Gasteiger charge is 2.13. The minimum atomic E-state index is -0.491. The van der Waals surface area contributed by atoms with Crippen LogP contribution in [0.2, 0.25) is 0 Å². The van der Waals surface area contributed by atoms with Crippen molar-refractivity contribution >= 4 is 11.7 Å². The number of nitrogens with one attached hydrogen (secondary N) is 1. The van der Waals surface area contributed by atoms with E-state index in [1.165, 1.54) is 17.0 Å². The Morgan fingerprint density at radius 1 is 1.16 bits per heavy atom. The number of amides is 1. The highest BCUT2D eigenvalue weighted by atomic mass is 16.5. The predicted molar refractivity (Wildman–Crippen MR) is 93.3 cm³/mol. The lowest BCUT2D eigenvalue weighted by atomic mass is 10.2. The predicted octanol–water partition coefficient (Wildman–Crippen LogP) is 2.20. The second-order valence-electron chi connectivity index (χ2n) is 5.27. The summed E-state index contributed by atoms with van der Waals surface area (Å²) in [6.07, 6.45) is 4.51. The highest BCUT2D eigenvalue weighted by Crippen LogP contribution is 2.19. The third-order valence-corrected chi connectivity index (χ3v) is 3.63. The number of anilines is 1. The fraction of sp³-hybridized carbons (Fsp3) is 0.111. The van der Waals surface area contributed by atoms with Crippen molar-refractivity contribution in [3.63, 3.8) is 0 Å².